The van der Waals surface area contributed by atoms with E-state index in [1.807, 2.05) is 18.2 Å². The molecular weight excluding hydrogens is 224 g/mol. The van der Waals surface area contributed by atoms with Gasteiger partial charge in [0.15, 0.2) is 11.5 Å². The molecule has 2 nitrogen and oxygen atoms in total. The maximum Gasteiger partial charge on any atom is 0.161 e. The number of allylic oxidation sites excluding steroid dienone is 1. The van der Waals surface area contributed by atoms with Crippen LogP contribution in [0.4, 0.5) is 0 Å². The number of ether oxygens (including phenoxy) is 2. The van der Waals surface area contributed by atoms with Crippen LogP contribution < -0.4 is 9.47 Å². The second kappa shape index (κ2) is 8.62. The molecule has 2 heteroatoms. The van der Waals surface area contributed by atoms with Crippen LogP contribution in [0.3, 0.4) is 0 Å². The smallest absolute Gasteiger partial charge is 0.161 e. The second-order valence-electron chi connectivity index (χ2n) is 4.39. The Morgan fingerprint density at radius 1 is 1.17 bits per heavy atom. The standard InChI is InChI=1S/C16H24O2/c1-4-6-7-8-12-18-15-11-10-14(9-5-2)13-16(15)17-3/h5,10-11,13H,2,4,6-9,12H2,1,3H3. The minimum Gasteiger partial charge on any atom is -0.493 e. The normalized spacial score (nSPS) is 10.1. The van der Waals surface area contributed by atoms with Crippen LogP contribution in [0.15, 0.2) is 30.9 Å². The lowest BCUT2D eigenvalue weighted by Crippen LogP contribution is -2.00. The van der Waals surface area contributed by atoms with E-state index in [2.05, 4.69) is 19.6 Å². The van der Waals surface area contributed by atoms with Crippen molar-refractivity contribution in [2.45, 2.75) is 39.0 Å². The fourth-order valence-corrected chi connectivity index (χ4v) is 1.84. The Morgan fingerprint density at radius 3 is 2.67 bits per heavy atom. The van der Waals surface area contributed by atoms with Gasteiger partial charge in [0.05, 0.1) is 13.7 Å². The van der Waals surface area contributed by atoms with Crippen LogP contribution in [-0.2, 0) is 6.42 Å². The summed E-state index contributed by atoms with van der Waals surface area (Å²) in [6.45, 7) is 6.71. The molecule has 0 aromatic heterocycles. The Bertz CT molecular complexity index is 358. The topological polar surface area (TPSA) is 18.5 Å². The predicted molar refractivity (Wildman–Crippen MR) is 76.5 cm³/mol. The molecule has 0 fully saturated rings. The van der Waals surface area contributed by atoms with E-state index >= 15 is 0 Å². The summed E-state index contributed by atoms with van der Waals surface area (Å²) in [7, 11) is 1.68. The third-order valence-electron chi connectivity index (χ3n) is 2.86. The van der Waals surface area contributed by atoms with Crippen LogP contribution >= 0.6 is 0 Å². The van der Waals surface area contributed by atoms with Crippen LogP contribution in [-0.4, -0.2) is 13.7 Å². The van der Waals surface area contributed by atoms with Crippen LogP contribution in [0.2, 0.25) is 0 Å². The molecule has 0 bridgehead atoms. The van der Waals surface area contributed by atoms with Gasteiger partial charge < -0.3 is 9.47 Å². The van der Waals surface area contributed by atoms with Gasteiger partial charge in [-0.05, 0) is 30.5 Å². The lowest BCUT2D eigenvalue weighted by molar-refractivity contribution is 0.285. The Labute approximate surface area is 111 Å². The van der Waals surface area contributed by atoms with Crippen molar-refractivity contribution in [3.05, 3.63) is 36.4 Å². The number of unbranched alkanes of at least 4 members (excludes halogenated alkanes) is 3. The average molecular weight is 248 g/mol. The first kappa shape index (κ1) is 14.6. The van der Waals surface area contributed by atoms with Gasteiger partial charge in [-0.1, -0.05) is 38.3 Å². The molecule has 0 heterocycles. The Morgan fingerprint density at radius 2 is 2.00 bits per heavy atom. The fourth-order valence-electron chi connectivity index (χ4n) is 1.84. The van der Waals surface area contributed by atoms with Gasteiger partial charge in [0.1, 0.15) is 0 Å². The van der Waals surface area contributed by atoms with E-state index < -0.39 is 0 Å². The fraction of sp³-hybridized carbons (Fsp3) is 0.500. The summed E-state index contributed by atoms with van der Waals surface area (Å²) in [5, 5.41) is 0. The van der Waals surface area contributed by atoms with Crippen molar-refractivity contribution in [3.8, 4) is 11.5 Å². The zero-order valence-electron chi connectivity index (χ0n) is 11.6. The molecular formula is C16H24O2. The van der Waals surface area contributed by atoms with Gasteiger partial charge in [-0.15, -0.1) is 6.58 Å². The summed E-state index contributed by atoms with van der Waals surface area (Å²) in [5.74, 6) is 1.65. The van der Waals surface area contributed by atoms with E-state index in [0.717, 1.165) is 30.9 Å². The number of hydrogen-bond donors (Lipinski definition) is 0. The van der Waals surface area contributed by atoms with E-state index in [4.69, 9.17) is 9.47 Å². The summed E-state index contributed by atoms with van der Waals surface area (Å²) in [6.07, 6.45) is 7.60. The Balaban J connectivity index is 2.51. The van der Waals surface area contributed by atoms with Crippen LogP contribution in [0.5, 0.6) is 11.5 Å². The molecule has 18 heavy (non-hydrogen) atoms. The molecule has 0 radical (unpaired) electrons. The highest BCUT2D eigenvalue weighted by atomic mass is 16.5. The predicted octanol–water partition coefficient (Wildman–Crippen LogP) is 4.38. The average Bonchev–Trinajstić information content (AvgIpc) is 2.40. The van der Waals surface area contributed by atoms with Crippen molar-refractivity contribution in [2.24, 2.45) is 0 Å². The van der Waals surface area contributed by atoms with Crippen LogP contribution in [0.25, 0.3) is 0 Å². The van der Waals surface area contributed by atoms with Gasteiger partial charge in [0, 0.05) is 0 Å². The van der Waals surface area contributed by atoms with E-state index in [-0.39, 0.29) is 0 Å². The van der Waals surface area contributed by atoms with Crippen molar-refractivity contribution in [1.82, 2.24) is 0 Å². The number of rotatable bonds is 9. The molecule has 0 amide bonds. The third kappa shape index (κ3) is 4.82. The summed E-state index contributed by atoms with van der Waals surface area (Å²) >= 11 is 0. The maximum absolute atomic E-state index is 5.76. The molecule has 0 aliphatic rings. The molecule has 1 aromatic carbocycles. The molecule has 0 unspecified atom stereocenters. The van der Waals surface area contributed by atoms with Crippen molar-refractivity contribution in [3.63, 3.8) is 0 Å². The summed E-state index contributed by atoms with van der Waals surface area (Å²) in [6, 6.07) is 6.06. The maximum atomic E-state index is 5.76. The first-order valence-corrected chi connectivity index (χ1v) is 6.72. The second-order valence-corrected chi connectivity index (χ2v) is 4.39. The number of methoxy groups -OCH3 is 1. The first-order valence-electron chi connectivity index (χ1n) is 6.72. The van der Waals surface area contributed by atoms with E-state index in [0.29, 0.717) is 0 Å². The lowest BCUT2D eigenvalue weighted by Gasteiger charge is -2.11. The zero-order valence-corrected chi connectivity index (χ0v) is 11.6. The van der Waals surface area contributed by atoms with E-state index in [1.165, 1.54) is 24.8 Å². The van der Waals surface area contributed by atoms with Crippen LogP contribution in [0, 0.1) is 0 Å². The molecule has 0 saturated heterocycles. The lowest BCUT2D eigenvalue weighted by atomic mass is 10.1. The van der Waals surface area contributed by atoms with E-state index in [9.17, 15) is 0 Å². The van der Waals surface area contributed by atoms with Gasteiger partial charge in [0.2, 0.25) is 0 Å². The van der Waals surface area contributed by atoms with Crippen LogP contribution in [0.1, 0.15) is 38.2 Å². The molecule has 1 aromatic rings. The SMILES string of the molecule is C=CCc1ccc(OCCCCCC)c(OC)c1. The highest BCUT2D eigenvalue weighted by Gasteiger charge is 2.04. The minimum atomic E-state index is 0.761. The third-order valence-corrected chi connectivity index (χ3v) is 2.86. The molecule has 0 N–H and O–H groups in total. The number of benzene rings is 1. The highest BCUT2D eigenvalue weighted by molar-refractivity contribution is 5.43. The molecule has 0 spiro atoms. The monoisotopic (exact) mass is 248 g/mol. The van der Waals surface area contributed by atoms with Gasteiger partial charge in [0.25, 0.3) is 0 Å². The number of hydrogen-bond acceptors (Lipinski definition) is 2. The first-order chi connectivity index (χ1) is 8.81. The molecule has 0 saturated carbocycles. The molecule has 1 rings (SSSR count). The van der Waals surface area contributed by atoms with Crippen molar-refractivity contribution >= 4 is 0 Å². The zero-order chi connectivity index (χ0) is 13.2. The summed E-state index contributed by atoms with van der Waals surface area (Å²) in [4.78, 5) is 0. The quantitative estimate of drug-likeness (QED) is 0.477. The summed E-state index contributed by atoms with van der Waals surface area (Å²) in [5.41, 5.74) is 1.19. The largest absolute Gasteiger partial charge is 0.493 e. The molecule has 0 atom stereocenters. The Hall–Kier alpha value is -1.44. The highest BCUT2D eigenvalue weighted by Crippen LogP contribution is 2.28. The minimum absolute atomic E-state index is 0.761. The van der Waals surface area contributed by atoms with Crippen molar-refractivity contribution in [2.75, 3.05) is 13.7 Å². The molecule has 0 aliphatic heterocycles. The van der Waals surface area contributed by atoms with Gasteiger partial charge in [-0.3, -0.25) is 0 Å². The van der Waals surface area contributed by atoms with Crippen molar-refractivity contribution < 1.29 is 9.47 Å². The van der Waals surface area contributed by atoms with Crippen molar-refractivity contribution in [1.29, 1.82) is 0 Å². The van der Waals surface area contributed by atoms with Gasteiger partial charge >= 0.3 is 0 Å². The van der Waals surface area contributed by atoms with Gasteiger partial charge in [-0.25, -0.2) is 0 Å². The summed E-state index contributed by atoms with van der Waals surface area (Å²) < 4.78 is 11.1. The Kier molecular flexibility index (Phi) is 7.00. The molecule has 100 valence electrons. The van der Waals surface area contributed by atoms with Gasteiger partial charge in [-0.2, -0.15) is 0 Å². The van der Waals surface area contributed by atoms with E-state index in [1.54, 1.807) is 7.11 Å². The molecule has 0 aliphatic carbocycles.